The van der Waals surface area contributed by atoms with Crippen LogP contribution in [0.1, 0.15) is 31.0 Å². The van der Waals surface area contributed by atoms with E-state index in [2.05, 4.69) is 4.99 Å². The third-order valence-electron chi connectivity index (χ3n) is 5.08. The van der Waals surface area contributed by atoms with E-state index in [-0.39, 0.29) is 12.2 Å². The fourth-order valence-corrected chi connectivity index (χ4v) is 5.23. The number of nitrogens with zero attached hydrogens (tertiary/aromatic N) is 3. The van der Waals surface area contributed by atoms with Crippen molar-refractivity contribution in [1.29, 1.82) is 0 Å². The molecule has 2 aromatic heterocycles. The van der Waals surface area contributed by atoms with E-state index in [4.69, 9.17) is 4.74 Å². The smallest absolute Gasteiger partial charge is 0.338 e. The van der Waals surface area contributed by atoms with Gasteiger partial charge in [0, 0.05) is 19.8 Å². The summed E-state index contributed by atoms with van der Waals surface area (Å²) in [5, 5.41) is 3.96. The molecule has 0 saturated carbocycles. The largest absolute Gasteiger partial charge is 0.463 e. The van der Waals surface area contributed by atoms with Crippen LogP contribution in [0.25, 0.3) is 6.08 Å². The normalized spacial score (nSPS) is 16.1. The Hall–Kier alpha value is -2.97. The van der Waals surface area contributed by atoms with Crippen LogP contribution in [0.4, 0.5) is 5.69 Å². The molecular weight excluding hydrogens is 430 g/mol. The molecular formula is C23H23N3O3S2. The Bertz CT molecular complexity index is 1310. The van der Waals surface area contributed by atoms with Crippen molar-refractivity contribution in [1.82, 2.24) is 4.57 Å². The summed E-state index contributed by atoms with van der Waals surface area (Å²) in [7, 11) is 3.94. The molecule has 160 valence electrons. The second-order valence-corrected chi connectivity index (χ2v) is 9.13. The lowest BCUT2D eigenvalue weighted by Gasteiger charge is -2.25. The number of carbonyl (C=O) groups is 1. The standard InChI is InChI=1S/C23H23N3O3S2/c1-5-29-22(28)19-14(2)24-23-26(20(19)16-6-8-17(9-7-16)25(3)4)21(27)18(31-23)12-15-10-11-30-13-15/h6-13,20H,5H2,1-4H3/b18-12+/t20-/m1/s1. The van der Waals surface area contributed by atoms with Gasteiger partial charge < -0.3 is 9.64 Å². The number of allylic oxidation sites excluding steroid dienone is 1. The summed E-state index contributed by atoms with van der Waals surface area (Å²) in [6.07, 6.45) is 1.87. The van der Waals surface area contributed by atoms with Crippen LogP contribution in [0.3, 0.4) is 0 Å². The van der Waals surface area contributed by atoms with Crippen molar-refractivity contribution in [3.05, 3.63) is 83.2 Å². The maximum Gasteiger partial charge on any atom is 0.338 e. The maximum absolute atomic E-state index is 13.4. The van der Waals surface area contributed by atoms with E-state index < -0.39 is 12.0 Å². The topological polar surface area (TPSA) is 63.9 Å². The Morgan fingerprint density at radius 1 is 1.26 bits per heavy atom. The lowest BCUT2D eigenvalue weighted by molar-refractivity contribution is -0.139. The number of benzene rings is 1. The lowest BCUT2D eigenvalue weighted by Crippen LogP contribution is -2.39. The Balaban J connectivity index is 1.94. The molecule has 0 fully saturated rings. The number of thiazole rings is 1. The molecule has 0 unspecified atom stereocenters. The molecule has 1 aliphatic rings. The van der Waals surface area contributed by atoms with E-state index >= 15 is 0 Å². The molecule has 1 atom stereocenters. The van der Waals surface area contributed by atoms with Gasteiger partial charge in [0.25, 0.3) is 5.56 Å². The number of esters is 1. The van der Waals surface area contributed by atoms with Gasteiger partial charge in [0.05, 0.1) is 28.5 Å². The van der Waals surface area contributed by atoms with Crippen molar-refractivity contribution in [2.75, 3.05) is 25.6 Å². The maximum atomic E-state index is 13.4. The molecule has 0 saturated heterocycles. The third-order valence-corrected chi connectivity index (χ3v) is 6.77. The number of fused-ring (bicyclic) bond motifs is 1. The van der Waals surface area contributed by atoms with E-state index in [0.29, 0.717) is 20.6 Å². The zero-order valence-electron chi connectivity index (χ0n) is 17.8. The predicted octanol–water partition coefficient (Wildman–Crippen LogP) is 2.93. The molecule has 0 aliphatic carbocycles. The minimum absolute atomic E-state index is 0.161. The SMILES string of the molecule is CCOC(=O)C1=C(C)N=c2s/c(=C/c3ccsc3)c(=O)n2[C@@H]1c1ccc(N(C)C)cc1. The minimum Gasteiger partial charge on any atom is -0.463 e. The van der Waals surface area contributed by atoms with Crippen LogP contribution >= 0.6 is 22.7 Å². The van der Waals surface area contributed by atoms with Crippen LogP contribution in [0.5, 0.6) is 0 Å². The summed E-state index contributed by atoms with van der Waals surface area (Å²) in [6.45, 7) is 3.82. The Morgan fingerprint density at radius 2 is 2.00 bits per heavy atom. The molecule has 31 heavy (non-hydrogen) atoms. The second kappa shape index (κ2) is 8.64. The van der Waals surface area contributed by atoms with Crippen molar-refractivity contribution in [3.63, 3.8) is 0 Å². The first-order chi connectivity index (χ1) is 14.9. The second-order valence-electron chi connectivity index (χ2n) is 7.34. The van der Waals surface area contributed by atoms with Gasteiger partial charge in [-0.1, -0.05) is 23.5 Å². The number of ether oxygens (including phenoxy) is 1. The number of anilines is 1. The molecule has 3 aromatic rings. The van der Waals surface area contributed by atoms with Crippen molar-refractivity contribution in [2.24, 2.45) is 4.99 Å². The monoisotopic (exact) mass is 453 g/mol. The number of rotatable bonds is 5. The van der Waals surface area contributed by atoms with Crippen molar-refractivity contribution >= 4 is 40.4 Å². The zero-order valence-corrected chi connectivity index (χ0v) is 19.4. The molecule has 6 nitrogen and oxygen atoms in total. The van der Waals surface area contributed by atoms with Crippen LogP contribution in [-0.2, 0) is 9.53 Å². The number of thiophene rings is 1. The van der Waals surface area contributed by atoms with E-state index in [1.165, 1.54) is 11.3 Å². The summed E-state index contributed by atoms with van der Waals surface area (Å²) < 4.78 is 7.53. The summed E-state index contributed by atoms with van der Waals surface area (Å²) >= 11 is 2.91. The fraction of sp³-hybridized carbons (Fsp3) is 0.261. The molecule has 1 aromatic carbocycles. The Kier molecular flexibility index (Phi) is 5.93. The quantitative estimate of drug-likeness (QED) is 0.558. The highest BCUT2D eigenvalue weighted by Gasteiger charge is 2.33. The fourth-order valence-electron chi connectivity index (χ4n) is 3.57. The molecule has 0 N–H and O–H groups in total. The summed E-state index contributed by atoms with van der Waals surface area (Å²) in [4.78, 5) is 33.5. The molecule has 8 heteroatoms. The Labute approximate surface area is 188 Å². The summed E-state index contributed by atoms with van der Waals surface area (Å²) in [5.74, 6) is -0.447. The average molecular weight is 454 g/mol. The molecule has 4 rings (SSSR count). The average Bonchev–Trinajstić information content (AvgIpc) is 3.35. The highest BCUT2D eigenvalue weighted by atomic mass is 32.1. The number of carbonyl (C=O) groups excluding carboxylic acids is 1. The van der Waals surface area contributed by atoms with Gasteiger partial charge in [-0.25, -0.2) is 9.79 Å². The van der Waals surface area contributed by atoms with Gasteiger partial charge >= 0.3 is 5.97 Å². The Morgan fingerprint density at radius 3 is 2.61 bits per heavy atom. The van der Waals surface area contributed by atoms with E-state index in [9.17, 15) is 9.59 Å². The van der Waals surface area contributed by atoms with Crippen LogP contribution < -0.4 is 19.8 Å². The molecule has 0 amide bonds. The first-order valence-corrected chi connectivity index (χ1v) is 11.7. The van der Waals surface area contributed by atoms with Crippen molar-refractivity contribution in [3.8, 4) is 0 Å². The molecule has 0 spiro atoms. The zero-order chi connectivity index (χ0) is 22.1. The number of aromatic nitrogens is 1. The van der Waals surface area contributed by atoms with Gasteiger partial charge in [0.15, 0.2) is 4.80 Å². The van der Waals surface area contributed by atoms with Crippen LogP contribution in [0.15, 0.2) is 62.1 Å². The van der Waals surface area contributed by atoms with Crippen LogP contribution in [-0.4, -0.2) is 31.2 Å². The summed E-state index contributed by atoms with van der Waals surface area (Å²) in [6, 6.07) is 9.25. The molecule has 0 bridgehead atoms. The first-order valence-electron chi connectivity index (χ1n) is 9.90. The highest BCUT2D eigenvalue weighted by Crippen LogP contribution is 2.31. The minimum atomic E-state index is -0.587. The van der Waals surface area contributed by atoms with Gasteiger partial charge in [-0.2, -0.15) is 11.3 Å². The third kappa shape index (κ3) is 4.00. The van der Waals surface area contributed by atoms with Crippen molar-refractivity contribution < 1.29 is 9.53 Å². The highest BCUT2D eigenvalue weighted by molar-refractivity contribution is 7.08. The van der Waals surface area contributed by atoms with E-state index in [1.807, 2.05) is 66.2 Å². The lowest BCUT2D eigenvalue weighted by atomic mass is 9.95. The molecule has 1 aliphatic heterocycles. The van der Waals surface area contributed by atoms with Crippen molar-refractivity contribution in [2.45, 2.75) is 19.9 Å². The van der Waals surface area contributed by atoms with Crippen LogP contribution in [0, 0.1) is 0 Å². The van der Waals surface area contributed by atoms with Gasteiger partial charge in [-0.05, 0) is 60.0 Å². The number of hydrogen-bond acceptors (Lipinski definition) is 7. The first kappa shape index (κ1) is 21.3. The van der Waals surface area contributed by atoms with Gasteiger partial charge in [0.1, 0.15) is 0 Å². The van der Waals surface area contributed by atoms with Gasteiger partial charge in [-0.15, -0.1) is 0 Å². The predicted molar refractivity (Wildman–Crippen MR) is 125 cm³/mol. The van der Waals surface area contributed by atoms with E-state index in [1.54, 1.807) is 29.8 Å². The number of hydrogen-bond donors (Lipinski definition) is 0. The molecule has 0 radical (unpaired) electrons. The van der Waals surface area contributed by atoms with Crippen LogP contribution in [0.2, 0.25) is 0 Å². The summed E-state index contributed by atoms with van der Waals surface area (Å²) in [5.41, 5.74) is 3.66. The van der Waals surface area contributed by atoms with E-state index in [0.717, 1.165) is 16.8 Å². The van der Waals surface area contributed by atoms with Gasteiger partial charge in [0.2, 0.25) is 0 Å². The van der Waals surface area contributed by atoms with Gasteiger partial charge in [-0.3, -0.25) is 9.36 Å². The molecule has 3 heterocycles.